The van der Waals surface area contributed by atoms with Gasteiger partial charge in [-0.25, -0.2) is 17.9 Å². The summed E-state index contributed by atoms with van der Waals surface area (Å²) in [4.78, 5) is 11.2. The molecule has 0 unspecified atom stereocenters. The number of rotatable bonds is 6. The number of ether oxygens (including phenoxy) is 1. The van der Waals surface area contributed by atoms with E-state index >= 15 is 0 Å². The van der Waals surface area contributed by atoms with Gasteiger partial charge in [-0.05, 0) is 36.4 Å². The predicted molar refractivity (Wildman–Crippen MR) is 85.4 cm³/mol. The minimum atomic E-state index is -3.80. The van der Waals surface area contributed by atoms with Crippen LogP contribution < -0.4 is 9.46 Å². The fourth-order valence-electron chi connectivity index (χ4n) is 1.94. The van der Waals surface area contributed by atoms with E-state index in [1.807, 2.05) is 0 Å². The molecule has 2 aromatic carbocycles. The zero-order chi connectivity index (χ0) is 17.0. The molecule has 0 spiro atoms. The summed E-state index contributed by atoms with van der Waals surface area (Å²) in [6.07, 6.45) is 0. The maximum atomic E-state index is 12.3. The number of benzene rings is 2. The molecule has 0 amide bonds. The SMILES string of the molecule is COc1ccc(S(=O)(=O)NCc2c(Cl)cccc2C(=O)O)cc1. The quantitative estimate of drug-likeness (QED) is 0.830. The van der Waals surface area contributed by atoms with Gasteiger partial charge in [0, 0.05) is 17.1 Å². The lowest BCUT2D eigenvalue weighted by atomic mass is 10.1. The monoisotopic (exact) mass is 355 g/mol. The van der Waals surface area contributed by atoms with Crippen LogP contribution in [0.1, 0.15) is 15.9 Å². The Kier molecular flexibility index (Phi) is 5.25. The molecule has 23 heavy (non-hydrogen) atoms. The van der Waals surface area contributed by atoms with Crippen LogP contribution in [0.25, 0.3) is 0 Å². The number of carboxylic acids is 1. The largest absolute Gasteiger partial charge is 0.497 e. The highest BCUT2D eigenvalue weighted by molar-refractivity contribution is 7.89. The Morgan fingerprint density at radius 3 is 2.43 bits per heavy atom. The molecule has 2 aromatic rings. The minimum Gasteiger partial charge on any atom is -0.497 e. The van der Waals surface area contributed by atoms with Gasteiger partial charge in [-0.3, -0.25) is 0 Å². The van der Waals surface area contributed by atoms with Crippen LogP contribution in [0.5, 0.6) is 5.75 Å². The molecule has 0 saturated carbocycles. The average molecular weight is 356 g/mol. The van der Waals surface area contributed by atoms with Crippen molar-refractivity contribution in [3.8, 4) is 5.75 Å². The standard InChI is InChI=1S/C15H14ClNO5S/c1-22-10-5-7-11(8-6-10)23(20,21)17-9-13-12(15(18)19)3-2-4-14(13)16/h2-8,17H,9H2,1H3,(H,18,19). The Labute approximate surface area is 138 Å². The van der Waals surface area contributed by atoms with Gasteiger partial charge < -0.3 is 9.84 Å². The normalized spacial score (nSPS) is 11.2. The number of halogens is 1. The Bertz CT molecular complexity index is 818. The Morgan fingerprint density at radius 1 is 1.22 bits per heavy atom. The summed E-state index contributed by atoms with van der Waals surface area (Å²) in [6.45, 7) is -0.227. The lowest BCUT2D eigenvalue weighted by Crippen LogP contribution is -2.24. The van der Waals surface area contributed by atoms with Gasteiger partial charge in [0.15, 0.2) is 0 Å². The van der Waals surface area contributed by atoms with Crippen LogP contribution in [-0.2, 0) is 16.6 Å². The minimum absolute atomic E-state index is 0.0437. The number of hydrogen-bond donors (Lipinski definition) is 2. The number of hydrogen-bond acceptors (Lipinski definition) is 4. The molecule has 0 aliphatic heterocycles. The summed E-state index contributed by atoms with van der Waals surface area (Å²) in [7, 11) is -2.32. The van der Waals surface area contributed by atoms with Gasteiger partial charge in [-0.15, -0.1) is 0 Å². The van der Waals surface area contributed by atoms with E-state index < -0.39 is 16.0 Å². The Hall–Kier alpha value is -2.09. The second kappa shape index (κ2) is 6.99. The molecule has 0 aliphatic carbocycles. The van der Waals surface area contributed by atoms with E-state index in [-0.39, 0.29) is 27.6 Å². The molecule has 2 rings (SSSR count). The first-order chi connectivity index (χ1) is 10.8. The molecule has 0 aliphatic rings. The predicted octanol–water partition coefficient (Wildman–Crippen LogP) is 2.53. The van der Waals surface area contributed by atoms with Crippen molar-refractivity contribution in [1.82, 2.24) is 4.72 Å². The van der Waals surface area contributed by atoms with Gasteiger partial charge in [0.2, 0.25) is 10.0 Å². The molecule has 0 atom stereocenters. The van der Waals surface area contributed by atoms with Crippen LogP contribution in [0.4, 0.5) is 0 Å². The zero-order valence-electron chi connectivity index (χ0n) is 12.1. The number of carboxylic acid groups (broad SMARTS) is 1. The second-order valence-electron chi connectivity index (χ2n) is 4.57. The van der Waals surface area contributed by atoms with E-state index in [2.05, 4.69) is 4.72 Å². The van der Waals surface area contributed by atoms with Crippen LogP contribution in [0.3, 0.4) is 0 Å². The van der Waals surface area contributed by atoms with Crippen LogP contribution in [-0.4, -0.2) is 26.6 Å². The first-order valence-electron chi connectivity index (χ1n) is 6.49. The van der Waals surface area contributed by atoms with Crippen molar-refractivity contribution in [3.05, 3.63) is 58.6 Å². The van der Waals surface area contributed by atoms with Gasteiger partial charge >= 0.3 is 5.97 Å². The zero-order valence-corrected chi connectivity index (χ0v) is 13.7. The van der Waals surface area contributed by atoms with Crippen LogP contribution in [0.2, 0.25) is 5.02 Å². The highest BCUT2D eigenvalue weighted by Gasteiger charge is 2.18. The number of nitrogens with one attached hydrogen (secondary N) is 1. The summed E-state index contributed by atoms with van der Waals surface area (Å²) in [5.41, 5.74) is 0.161. The summed E-state index contributed by atoms with van der Waals surface area (Å²) >= 11 is 5.97. The third-order valence-electron chi connectivity index (χ3n) is 3.16. The molecular weight excluding hydrogens is 342 g/mol. The van der Waals surface area contributed by atoms with E-state index in [1.165, 1.54) is 49.6 Å². The van der Waals surface area contributed by atoms with E-state index in [1.54, 1.807) is 0 Å². The molecule has 0 fully saturated rings. The summed E-state index contributed by atoms with van der Waals surface area (Å²) in [5, 5.41) is 9.33. The van der Waals surface area contributed by atoms with Gasteiger partial charge in [0.1, 0.15) is 5.75 Å². The first kappa shape index (κ1) is 17.3. The van der Waals surface area contributed by atoms with Crippen molar-refractivity contribution in [2.45, 2.75) is 11.4 Å². The third kappa shape index (κ3) is 4.01. The number of sulfonamides is 1. The molecule has 2 N–H and O–H groups in total. The molecular formula is C15H14ClNO5S. The van der Waals surface area contributed by atoms with Gasteiger partial charge in [0.05, 0.1) is 17.6 Å². The van der Waals surface area contributed by atoms with Crippen molar-refractivity contribution in [1.29, 1.82) is 0 Å². The lowest BCUT2D eigenvalue weighted by Gasteiger charge is -2.11. The molecule has 122 valence electrons. The highest BCUT2D eigenvalue weighted by atomic mass is 35.5. The number of methoxy groups -OCH3 is 1. The van der Waals surface area contributed by atoms with Crippen molar-refractivity contribution in [2.75, 3.05) is 7.11 Å². The van der Waals surface area contributed by atoms with Gasteiger partial charge in [-0.2, -0.15) is 0 Å². The van der Waals surface area contributed by atoms with Crippen molar-refractivity contribution >= 4 is 27.6 Å². The maximum Gasteiger partial charge on any atom is 0.336 e. The van der Waals surface area contributed by atoms with Crippen molar-refractivity contribution < 1.29 is 23.1 Å². The number of carbonyl (C=O) groups is 1. The third-order valence-corrected chi connectivity index (χ3v) is 4.93. The average Bonchev–Trinajstić information content (AvgIpc) is 2.53. The molecule has 0 aromatic heterocycles. The number of aromatic carboxylic acids is 1. The molecule has 0 saturated heterocycles. The fraction of sp³-hybridized carbons (Fsp3) is 0.133. The van der Waals surface area contributed by atoms with Crippen LogP contribution in [0, 0.1) is 0 Å². The van der Waals surface area contributed by atoms with Gasteiger partial charge in [0.25, 0.3) is 0 Å². The summed E-state index contributed by atoms with van der Waals surface area (Å²) < 4.78 is 31.8. The first-order valence-corrected chi connectivity index (χ1v) is 8.35. The molecule has 0 radical (unpaired) electrons. The maximum absolute atomic E-state index is 12.3. The fourth-order valence-corrected chi connectivity index (χ4v) is 3.18. The lowest BCUT2D eigenvalue weighted by molar-refractivity contribution is 0.0695. The second-order valence-corrected chi connectivity index (χ2v) is 6.75. The van der Waals surface area contributed by atoms with Crippen molar-refractivity contribution in [3.63, 3.8) is 0 Å². The van der Waals surface area contributed by atoms with Crippen molar-refractivity contribution in [2.24, 2.45) is 0 Å². The smallest absolute Gasteiger partial charge is 0.336 e. The Balaban J connectivity index is 2.24. The summed E-state index contributed by atoms with van der Waals surface area (Å²) in [5.74, 6) is -0.644. The molecule has 8 heteroatoms. The van der Waals surface area contributed by atoms with Crippen LogP contribution in [0.15, 0.2) is 47.4 Å². The highest BCUT2D eigenvalue weighted by Crippen LogP contribution is 2.21. The van der Waals surface area contributed by atoms with E-state index in [4.69, 9.17) is 21.4 Å². The van der Waals surface area contributed by atoms with Gasteiger partial charge in [-0.1, -0.05) is 17.7 Å². The van der Waals surface area contributed by atoms with E-state index in [0.717, 1.165) is 0 Å². The van der Waals surface area contributed by atoms with Crippen LogP contribution >= 0.6 is 11.6 Å². The molecule has 0 heterocycles. The molecule has 6 nitrogen and oxygen atoms in total. The van der Waals surface area contributed by atoms with E-state index in [0.29, 0.717) is 5.75 Å². The molecule has 0 bridgehead atoms. The topological polar surface area (TPSA) is 92.7 Å². The Morgan fingerprint density at radius 2 is 1.87 bits per heavy atom. The summed E-state index contributed by atoms with van der Waals surface area (Å²) in [6, 6.07) is 10.2. The van der Waals surface area contributed by atoms with E-state index in [9.17, 15) is 13.2 Å².